The molecule has 0 N–H and O–H groups in total. The highest BCUT2D eigenvalue weighted by molar-refractivity contribution is 7.17. The zero-order valence-corrected chi connectivity index (χ0v) is 16.7. The molecule has 2 aromatic carbocycles. The summed E-state index contributed by atoms with van der Waals surface area (Å²) < 4.78 is 15.0. The van der Waals surface area contributed by atoms with Crippen LogP contribution in [0.2, 0.25) is 0 Å². The molecule has 0 aliphatic carbocycles. The van der Waals surface area contributed by atoms with Gasteiger partial charge in [-0.3, -0.25) is 9.36 Å². The minimum Gasteiger partial charge on any atom is -0.292 e. The summed E-state index contributed by atoms with van der Waals surface area (Å²) in [5, 5.41) is 11.3. The van der Waals surface area contributed by atoms with Crippen molar-refractivity contribution in [3.8, 4) is 28.6 Å². The van der Waals surface area contributed by atoms with Gasteiger partial charge in [0.25, 0.3) is 5.56 Å². The van der Waals surface area contributed by atoms with Gasteiger partial charge in [-0.2, -0.15) is 5.26 Å². The lowest BCUT2D eigenvalue weighted by atomic mass is 10.1. The second-order valence-corrected chi connectivity index (χ2v) is 7.72. The van der Waals surface area contributed by atoms with Crippen LogP contribution in [0.5, 0.6) is 0 Å². The first-order valence-corrected chi connectivity index (χ1v) is 10.2. The third kappa shape index (κ3) is 3.69. The predicted octanol–water partition coefficient (Wildman–Crippen LogP) is 5.54. The number of thiophene rings is 1. The van der Waals surface area contributed by atoms with Crippen molar-refractivity contribution in [2.45, 2.75) is 26.3 Å². The van der Waals surface area contributed by atoms with E-state index in [4.69, 9.17) is 10.2 Å². The minimum absolute atomic E-state index is 0.134. The van der Waals surface area contributed by atoms with Crippen molar-refractivity contribution in [3.63, 3.8) is 0 Å². The van der Waals surface area contributed by atoms with Crippen molar-refractivity contribution in [2.75, 3.05) is 0 Å². The van der Waals surface area contributed by atoms with Crippen molar-refractivity contribution in [3.05, 3.63) is 75.6 Å². The van der Waals surface area contributed by atoms with Crippen LogP contribution in [0.15, 0.2) is 58.7 Å². The van der Waals surface area contributed by atoms with E-state index in [2.05, 4.69) is 6.07 Å². The number of rotatable bonds is 5. The Balaban J connectivity index is 1.95. The Labute approximate surface area is 171 Å². The van der Waals surface area contributed by atoms with Gasteiger partial charge >= 0.3 is 0 Å². The van der Waals surface area contributed by atoms with Crippen LogP contribution in [0.25, 0.3) is 32.7 Å². The van der Waals surface area contributed by atoms with E-state index in [-0.39, 0.29) is 11.4 Å². The summed E-state index contributed by atoms with van der Waals surface area (Å²) in [5.74, 6) is 0.290. The zero-order chi connectivity index (χ0) is 20.4. The number of aromatic nitrogens is 2. The van der Waals surface area contributed by atoms with E-state index in [0.717, 1.165) is 22.3 Å². The molecule has 0 aliphatic heterocycles. The fourth-order valence-electron chi connectivity index (χ4n) is 3.39. The molecule has 0 unspecified atom stereocenters. The molecule has 0 amide bonds. The van der Waals surface area contributed by atoms with Crippen LogP contribution in [-0.4, -0.2) is 9.55 Å². The summed E-state index contributed by atoms with van der Waals surface area (Å²) in [6, 6.07) is 16.1. The molecule has 2 aromatic heterocycles. The van der Waals surface area contributed by atoms with Crippen LogP contribution < -0.4 is 5.56 Å². The van der Waals surface area contributed by atoms with Gasteiger partial charge in [0, 0.05) is 29.5 Å². The summed E-state index contributed by atoms with van der Waals surface area (Å²) in [7, 11) is 0. The fraction of sp³-hybridized carbons (Fsp3) is 0.174. The number of unbranched alkanes of at least 4 members (excludes halogenated alkanes) is 1. The molecule has 0 saturated heterocycles. The van der Waals surface area contributed by atoms with E-state index in [1.165, 1.54) is 23.5 Å². The summed E-state index contributed by atoms with van der Waals surface area (Å²) in [6.07, 6.45) is 0.935. The number of halogens is 1. The molecule has 0 spiro atoms. The second kappa shape index (κ2) is 7.98. The van der Waals surface area contributed by atoms with E-state index in [9.17, 15) is 9.18 Å². The first-order valence-electron chi connectivity index (χ1n) is 9.30. The number of fused-ring (bicyclic) bond motifs is 1. The molecular weight excluding hydrogens is 385 g/mol. The van der Waals surface area contributed by atoms with Gasteiger partial charge in [-0.1, -0.05) is 35.9 Å². The van der Waals surface area contributed by atoms with Gasteiger partial charge in [-0.05, 0) is 37.1 Å². The summed E-state index contributed by atoms with van der Waals surface area (Å²) in [5.41, 5.74) is 3.36. The van der Waals surface area contributed by atoms with Gasteiger partial charge in [0.15, 0.2) is 0 Å². The van der Waals surface area contributed by atoms with Crippen LogP contribution in [0, 0.1) is 24.1 Å². The minimum atomic E-state index is -0.318. The first-order chi connectivity index (χ1) is 14.1. The van der Waals surface area contributed by atoms with Gasteiger partial charge in [0.05, 0.1) is 11.5 Å². The molecule has 0 radical (unpaired) electrons. The van der Waals surface area contributed by atoms with Gasteiger partial charge < -0.3 is 0 Å². The smallest absolute Gasteiger partial charge is 0.263 e. The van der Waals surface area contributed by atoms with Crippen molar-refractivity contribution in [1.82, 2.24) is 9.55 Å². The molecule has 4 rings (SSSR count). The Morgan fingerprint density at radius 2 is 1.97 bits per heavy atom. The number of nitriles is 1. The average molecular weight is 403 g/mol. The lowest BCUT2D eigenvalue weighted by molar-refractivity contribution is 0.628. The SMILES string of the molecule is Cc1cccc(-c2nc3scc(-c4ccc(F)cc4)c3c(=O)n2CCCC#N)c1. The summed E-state index contributed by atoms with van der Waals surface area (Å²) >= 11 is 1.41. The normalized spacial score (nSPS) is 10.9. The maximum atomic E-state index is 13.5. The number of hydrogen-bond donors (Lipinski definition) is 0. The Hall–Kier alpha value is -3.30. The highest BCUT2D eigenvalue weighted by Crippen LogP contribution is 2.32. The molecule has 4 aromatic rings. The Morgan fingerprint density at radius 3 is 2.69 bits per heavy atom. The van der Waals surface area contributed by atoms with Gasteiger partial charge in [0.2, 0.25) is 0 Å². The van der Waals surface area contributed by atoms with Crippen molar-refractivity contribution in [1.29, 1.82) is 5.26 Å². The Kier molecular flexibility index (Phi) is 5.24. The molecular formula is C23H18FN3OS. The molecule has 4 nitrogen and oxygen atoms in total. The van der Waals surface area contributed by atoms with Crippen LogP contribution in [0.1, 0.15) is 18.4 Å². The lowest BCUT2D eigenvalue weighted by Gasteiger charge is -2.13. The third-order valence-corrected chi connectivity index (χ3v) is 5.67. The molecule has 144 valence electrons. The Bertz CT molecular complexity index is 1280. The summed E-state index contributed by atoms with van der Waals surface area (Å²) in [4.78, 5) is 19.0. The van der Waals surface area contributed by atoms with Crippen LogP contribution >= 0.6 is 11.3 Å². The molecule has 0 saturated carbocycles. The molecule has 2 heterocycles. The quantitative estimate of drug-likeness (QED) is 0.411. The first kappa shape index (κ1) is 19.0. The van der Waals surface area contributed by atoms with E-state index in [1.54, 1.807) is 16.7 Å². The van der Waals surface area contributed by atoms with Crippen LogP contribution in [-0.2, 0) is 6.54 Å². The van der Waals surface area contributed by atoms with Crippen LogP contribution in [0.3, 0.4) is 0 Å². The monoisotopic (exact) mass is 403 g/mol. The van der Waals surface area contributed by atoms with Gasteiger partial charge in [-0.15, -0.1) is 11.3 Å². The molecule has 29 heavy (non-hydrogen) atoms. The highest BCUT2D eigenvalue weighted by Gasteiger charge is 2.18. The molecule has 0 atom stereocenters. The average Bonchev–Trinajstić information content (AvgIpc) is 3.14. The Morgan fingerprint density at radius 1 is 1.17 bits per heavy atom. The fourth-order valence-corrected chi connectivity index (χ4v) is 4.33. The molecule has 6 heteroatoms. The second-order valence-electron chi connectivity index (χ2n) is 6.86. The molecule has 0 aliphatic rings. The van der Waals surface area contributed by atoms with Crippen molar-refractivity contribution >= 4 is 21.6 Å². The van der Waals surface area contributed by atoms with E-state index >= 15 is 0 Å². The van der Waals surface area contributed by atoms with Crippen LogP contribution in [0.4, 0.5) is 4.39 Å². The number of hydrogen-bond acceptors (Lipinski definition) is 4. The maximum Gasteiger partial charge on any atom is 0.263 e. The molecule has 0 fully saturated rings. The van der Waals surface area contributed by atoms with E-state index in [0.29, 0.717) is 35.4 Å². The van der Waals surface area contributed by atoms with E-state index in [1.807, 2.05) is 36.6 Å². The predicted molar refractivity (Wildman–Crippen MR) is 114 cm³/mol. The van der Waals surface area contributed by atoms with Crippen molar-refractivity contribution in [2.24, 2.45) is 0 Å². The molecule has 0 bridgehead atoms. The maximum absolute atomic E-state index is 13.5. The van der Waals surface area contributed by atoms with Gasteiger partial charge in [-0.25, -0.2) is 9.37 Å². The number of nitrogens with zero attached hydrogens (tertiary/aromatic N) is 3. The summed E-state index contributed by atoms with van der Waals surface area (Å²) in [6.45, 7) is 2.41. The van der Waals surface area contributed by atoms with E-state index < -0.39 is 0 Å². The number of benzene rings is 2. The zero-order valence-electron chi connectivity index (χ0n) is 15.9. The number of aryl methyl sites for hydroxylation is 1. The highest BCUT2D eigenvalue weighted by atomic mass is 32.1. The van der Waals surface area contributed by atoms with Crippen molar-refractivity contribution < 1.29 is 4.39 Å². The third-order valence-electron chi connectivity index (χ3n) is 4.80. The lowest BCUT2D eigenvalue weighted by Crippen LogP contribution is -2.23. The topological polar surface area (TPSA) is 58.7 Å². The standard InChI is InChI=1S/C23H18FN3OS/c1-15-5-4-6-17(13-15)21-26-22-20(23(28)27(21)12-3-2-11-25)19(14-29-22)16-7-9-18(24)10-8-16/h4-10,13-14H,2-3,12H2,1H3. The largest absolute Gasteiger partial charge is 0.292 e. The van der Waals surface area contributed by atoms with Gasteiger partial charge in [0.1, 0.15) is 16.5 Å².